The molecule has 0 aliphatic carbocycles. The molecule has 1 unspecified atom stereocenters. The van der Waals surface area contributed by atoms with E-state index in [0.29, 0.717) is 103 Å². The van der Waals surface area contributed by atoms with Crippen LogP contribution in [-0.2, 0) is 55.9 Å². The van der Waals surface area contributed by atoms with E-state index in [-0.39, 0.29) is 36.3 Å². The third-order valence-corrected chi connectivity index (χ3v) is 19.4. The number of ether oxygens (including phenoxy) is 4. The van der Waals surface area contributed by atoms with Gasteiger partial charge in [-0.15, -0.1) is 0 Å². The van der Waals surface area contributed by atoms with Gasteiger partial charge in [0.05, 0.1) is 54.5 Å². The number of carboxylic acid groups (broad SMARTS) is 1. The number of aromatic nitrogens is 3. The molecule has 0 saturated carbocycles. The molecule has 4 aliphatic heterocycles. The fourth-order valence-electron chi connectivity index (χ4n) is 12.7. The quantitative estimate of drug-likeness (QED) is 0.0361. The first-order valence-corrected chi connectivity index (χ1v) is 32.3. The monoisotopic (exact) mass is 1250 g/mol. The van der Waals surface area contributed by atoms with Crippen molar-refractivity contribution >= 4 is 72.9 Å². The van der Waals surface area contributed by atoms with Crippen molar-refractivity contribution in [3.63, 3.8) is 0 Å². The number of piperazine rings is 2. The third kappa shape index (κ3) is 13.9. The normalized spacial score (nSPS) is 17.1. The fourth-order valence-corrected chi connectivity index (χ4v) is 13.8. The van der Waals surface area contributed by atoms with E-state index in [0.717, 1.165) is 105 Å². The molecule has 11 rings (SSSR count). The highest BCUT2D eigenvalue weighted by atomic mass is 32.2. The number of aryl methyl sites for hydroxylation is 3. The van der Waals surface area contributed by atoms with Crippen molar-refractivity contribution in [1.29, 1.82) is 0 Å². The molecule has 0 spiro atoms. The summed E-state index contributed by atoms with van der Waals surface area (Å²) in [6, 6.07) is 32.1. The van der Waals surface area contributed by atoms with E-state index in [1.54, 1.807) is 32.3 Å². The molecular weight excluding hydrogens is 1170 g/mol. The first-order chi connectivity index (χ1) is 43.5. The van der Waals surface area contributed by atoms with Gasteiger partial charge in [-0.1, -0.05) is 54.6 Å². The summed E-state index contributed by atoms with van der Waals surface area (Å²) >= 11 is 0. The van der Waals surface area contributed by atoms with Gasteiger partial charge >= 0.3 is 5.97 Å². The van der Waals surface area contributed by atoms with Crippen LogP contribution in [0.25, 0.3) is 32.8 Å². The molecule has 0 radical (unpaired) electrons. The van der Waals surface area contributed by atoms with E-state index in [4.69, 9.17) is 24.0 Å². The van der Waals surface area contributed by atoms with Crippen molar-refractivity contribution < 1.29 is 56.4 Å². The number of nitrogens with one attached hydrogen (secondary N) is 2. The summed E-state index contributed by atoms with van der Waals surface area (Å²) in [6.07, 6.45) is 2.36. The predicted molar refractivity (Wildman–Crippen MR) is 342 cm³/mol. The highest BCUT2D eigenvalue weighted by molar-refractivity contribution is 7.86. The lowest BCUT2D eigenvalue weighted by atomic mass is 9.96. The molecule has 3 N–H and O–H groups in total. The van der Waals surface area contributed by atoms with Crippen LogP contribution >= 0.6 is 0 Å². The maximum absolute atomic E-state index is 13.4. The zero-order chi connectivity index (χ0) is 63.1. The van der Waals surface area contributed by atoms with Crippen LogP contribution in [0.2, 0.25) is 0 Å². The van der Waals surface area contributed by atoms with Gasteiger partial charge in [-0.05, 0) is 92.1 Å². The second-order valence-corrected chi connectivity index (χ2v) is 25.4. The first-order valence-electron chi connectivity index (χ1n) is 30.9. The number of carboxylic acids is 1. The Morgan fingerprint density at radius 1 is 0.733 bits per heavy atom. The largest absolute Gasteiger partial charge is 0.493 e. The maximum Gasteiger partial charge on any atom is 0.352 e. The van der Waals surface area contributed by atoms with Gasteiger partial charge in [-0.2, -0.15) is 22.1 Å². The summed E-state index contributed by atoms with van der Waals surface area (Å²) < 4.78 is 56.7. The van der Waals surface area contributed by atoms with Crippen LogP contribution in [0.4, 0.5) is 11.4 Å². The van der Waals surface area contributed by atoms with E-state index in [1.807, 2.05) is 77.8 Å². The molecule has 7 aromatic rings. The molecule has 4 aliphatic rings. The van der Waals surface area contributed by atoms with Gasteiger partial charge in [0.25, 0.3) is 22.0 Å². The summed E-state index contributed by atoms with van der Waals surface area (Å²) in [5.41, 5.74) is 7.36. The molecule has 1 atom stereocenters. The minimum absolute atomic E-state index is 0.0502. The van der Waals surface area contributed by atoms with Gasteiger partial charge in [0.2, 0.25) is 11.8 Å². The molecule has 5 aromatic carbocycles. The minimum atomic E-state index is -3.48. The van der Waals surface area contributed by atoms with Gasteiger partial charge in [-0.3, -0.25) is 39.0 Å². The smallest absolute Gasteiger partial charge is 0.352 e. The van der Waals surface area contributed by atoms with Crippen molar-refractivity contribution in [2.24, 2.45) is 7.05 Å². The molecule has 2 aromatic heterocycles. The number of carbonyl (C=O) groups is 5. The van der Waals surface area contributed by atoms with Crippen molar-refractivity contribution in [3.8, 4) is 22.6 Å². The Labute approximate surface area is 524 Å². The number of imide groups is 2. The lowest BCUT2D eigenvalue weighted by molar-refractivity contribution is -0.136. The molecular formula is C66H79N11O12S. The summed E-state index contributed by atoms with van der Waals surface area (Å²) in [7, 11) is 1.52. The molecule has 3 saturated heterocycles. The number of hydrogen-bond acceptors (Lipinski definition) is 16. The second kappa shape index (κ2) is 28.3. The van der Waals surface area contributed by atoms with Crippen LogP contribution in [-0.4, -0.2) is 206 Å². The number of amides is 4. The standard InChI is InChI=1S/C66H79N11O12S/c1-45-60(57(71(4)69-45)44-89-49-21-19-48(20-22-49)74-33-35-75(36-34-74)90(84,85)70(2)3)51-23-18-47(13-9-39-88-58-17-7-12-46-11-5-6-14-50(46)58)53-43-56(66(82)83)76(62(51)53)37-32-73-30-28-72(29-31-73)27-10-38-86-41-42-87-40-26-67-54-16-8-15-52-61(54)65(81)77(64(52)80)55-24-25-59(78)68-63(55)79/h5-8,11-12,14-23,43,55,67H,9-10,13,24-42,44H2,1-4H3,(H,82,83)(H,68,78,79). The highest BCUT2D eigenvalue weighted by Gasteiger charge is 2.45. The topological polar surface area (TPSA) is 243 Å². The lowest BCUT2D eigenvalue weighted by Crippen LogP contribution is -2.54. The first kappa shape index (κ1) is 63.3. The Hall–Kier alpha value is -8.23. The predicted octanol–water partition coefficient (Wildman–Crippen LogP) is 6.27. The second-order valence-electron chi connectivity index (χ2n) is 23.3. The lowest BCUT2D eigenvalue weighted by Gasteiger charge is -2.36. The number of fused-ring (bicyclic) bond motifs is 3. The average Bonchev–Trinajstić information content (AvgIpc) is 1.60. The van der Waals surface area contributed by atoms with Gasteiger partial charge in [0.1, 0.15) is 29.8 Å². The van der Waals surface area contributed by atoms with Crippen molar-refractivity contribution in [1.82, 2.24) is 43.0 Å². The van der Waals surface area contributed by atoms with Crippen LogP contribution in [0.15, 0.2) is 103 Å². The molecule has 90 heavy (non-hydrogen) atoms. The van der Waals surface area contributed by atoms with Crippen LogP contribution < -0.4 is 25.0 Å². The van der Waals surface area contributed by atoms with Gasteiger partial charge in [0.15, 0.2) is 0 Å². The molecule has 23 nitrogen and oxygen atoms in total. The average molecular weight is 1250 g/mol. The molecule has 4 amide bonds. The molecule has 0 bridgehead atoms. The van der Waals surface area contributed by atoms with E-state index >= 15 is 0 Å². The number of nitrogens with zero attached hydrogens (tertiary/aromatic N) is 9. The number of carbonyl (C=O) groups excluding carboxylic acids is 4. The Balaban J connectivity index is 0.691. The van der Waals surface area contributed by atoms with Crippen molar-refractivity contribution in [2.45, 2.75) is 58.2 Å². The number of rotatable bonds is 28. The van der Waals surface area contributed by atoms with Gasteiger partial charge in [-0.25, -0.2) is 4.79 Å². The molecule has 6 heterocycles. The van der Waals surface area contributed by atoms with Gasteiger partial charge < -0.3 is 43.7 Å². The zero-order valence-electron chi connectivity index (χ0n) is 51.5. The van der Waals surface area contributed by atoms with Crippen LogP contribution in [0, 0.1) is 6.92 Å². The number of anilines is 2. The van der Waals surface area contributed by atoms with E-state index in [9.17, 15) is 37.5 Å². The van der Waals surface area contributed by atoms with Gasteiger partial charge in [0, 0.05) is 146 Å². The number of benzene rings is 5. The summed E-state index contributed by atoms with van der Waals surface area (Å²) in [5, 5.41) is 24.3. The highest BCUT2D eigenvalue weighted by Crippen LogP contribution is 2.39. The van der Waals surface area contributed by atoms with Crippen LogP contribution in [0.5, 0.6) is 11.5 Å². The maximum atomic E-state index is 13.4. The van der Waals surface area contributed by atoms with Crippen molar-refractivity contribution in [2.75, 3.05) is 129 Å². The van der Waals surface area contributed by atoms with E-state index in [2.05, 4.69) is 55.7 Å². The molecule has 3 fully saturated rings. The Kier molecular flexibility index (Phi) is 19.9. The molecule has 476 valence electrons. The van der Waals surface area contributed by atoms with Crippen LogP contribution in [0.1, 0.15) is 73.8 Å². The number of hydrogen-bond donors (Lipinski definition) is 3. The van der Waals surface area contributed by atoms with Crippen LogP contribution in [0.3, 0.4) is 0 Å². The molecule has 24 heteroatoms. The Morgan fingerprint density at radius 2 is 1.46 bits per heavy atom. The Bertz CT molecular complexity index is 3890. The minimum Gasteiger partial charge on any atom is -0.493 e. The van der Waals surface area contributed by atoms with Crippen molar-refractivity contribution in [3.05, 3.63) is 137 Å². The summed E-state index contributed by atoms with van der Waals surface area (Å²) in [5.74, 6) is -1.71. The SMILES string of the molecule is Cc1nn(C)c(COc2ccc(N3CCN(S(=O)(=O)N(C)C)CC3)cc2)c1-c1ccc(CCCOc2cccc3ccccc23)c2cc(C(=O)O)n(CCN3CCN(CCCOCCOCCNc4cccc5c4C(=O)N(C4CCC(=O)NC4=O)C5=O)CC3)c12. The fraction of sp³-hybridized carbons (Fsp3) is 0.424. The third-order valence-electron chi connectivity index (χ3n) is 17.4. The number of aromatic carboxylic acids is 1. The number of piperidine rings is 1. The summed E-state index contributed by atoms with van der Waals surface area (Å²) in [4.78, 5) is 72.2. The van der Waals surface area contributed by atoms with E-state index in [1.165, 1.54) is 8.61 Å². The van der Waals surface area contributed by atoms with E-state index < -0.39 is 45.8 Å². The zero-order valence-corrected chi connectivity index (χ0v) is 52.3. The Morgan fingerprint density at radius 3 is 2.20 bits per heavy atom. The summed E-state index contributed by atoms with van der Waals surface area (Å²) in [6.45, 7) is 12.0.